The molecule has 3 rings (SSSR count). The first kappa shape index (κ1) is 22.7. The van der Waals surface area contributed by atoms with Crippen LogP contribution in [0.2, 0.25) is 0 Å². The van der Waals surface area contributed by atoms with Crippen molar-refractivity contribution in [2.24, 2.45) is 0 Å². The molecule has 0 bridgehead atoms. The first-order chi connectivity index (χ1) is 15.2. The highest BCUT2D eigenvalue weighted by molar-refractivity contribution is 7.99. The number of carbonyl (C=O) groups excluding carboxylic acids is 1. The smallest absolute Gasteiger partial charge is 0.234 e. The van der Waals surface area contributed by atoms with Crippen LogP contribution in [-0.2, 0) is 9.53 Å². The molecule has 5 nitrogen and oxygen atoms in total. The molecule has 0 saturated carbocycles. The summed E-state index contributed by atoms with van der Waals surface area (Å²) in [6.07, 6.45) is -0.127. The number of ether oxygens (including phenoxy) is 3. The zero-order valence-electron chi connectivity index (χ0n) is 17.7. The Morgan fingerprint density at radius 3 is 2.13 bits per heavy atom. The zero-order valence-corrected chi connectivity index (χ0v) is 18.6. The summed E-state index contributed by atoms with van der Waals surface area (Å²) in [4.78, 5) is 12.4. The minimum Gasteiger partial charge on any atom is -0.497 e. The van der Waals surface area contributed by atoms with Gasteiger partial charge in [0.2, 0.25) is 5.91 Å². The number of hydrogen-bond acceptors (Lipinski definition) is 5. The van der Waals surface area contributed by atoms with Crippen molar-refractivity contribution >= 4 is 23.4 Å². The minimum atomic E-state index is -0.127. The lowest BCUT2D eigenvalue weighted by Crippen LogP contribution is -2.16. The molecule has 0 radical (unpaired) electrons. The zero-order chi connectivity index (χ0) is 21.9. The molecule has 162 valence electrons. The van der Waals surface area contributed by atoms with E-state index in [9.17, 15) is 4.79 Å². The molecule has 0 fully saturated rings. The normalized spacial score (nSPS) is 10.7. The van der Waals surface area contributed by atoms with E-state index in [0.29, 0.717) is 35.3 Å². The Bertz CT molecular complexity index is 911. The summed E-state index contributed by atoms with van der Waals surface area (Å²) in [6.45, 7) is 0.537. The molecule has 0 aliphatic carbocycles. The number of benzene rings is 3. The number of thioether (sulfide) groups is 1. The number of methoxy groups -OCH3 is 2. The van der Waals surface area contributed by atoms with Gasteiger partial charge in [-0.2, -0.15) is 0 Å². The second-order valence-corrected chi connectivity index (χ2v) is 7.84. The molecule has 1 N–H and O–H groups in total. The molecule has 0 aromatic heterocycles. The van der Waals surface area contributed by atoms with Gasteiger partial charge in [0.05, 0.1) is 32.3 Å². The molecule has 0 spiro atoms. The topological polar surface area (TPSA) is 56.8 Å². The third-order valence-corrected chi connectivity index (χ3v) is 5.55. The van der Waals surface area contributed by atoms with Gasteiger partial charge in [-0.15, -0.1) is 11.8 Å². The van der Waals surface area contributed by atoms with Crippen LogP contribution in [-0.4, -0.2) is 38.2 Å². The van der Waals surface area contributed by atoms with E-state index in [1.807, 2.05) is 36.4 Å². The molecular weight excluding hydrogens is 410 g/mol. The van der Waals surface area contributed by atoms with Gasteiger partial charge in [-0.3, -0.25) is 4.79 Å². The molecule has 0 heterocycles. The molecule has 31 heavy (non-hydrogen) atoms. The van der Waals surface area contributed by atoms with Crippen LogP contribution < -0.4 is 14.8 Å². The van der Waals surface area contributed by atoms with Crippen molar-refractivity contribution in [3.05, 3.63) is 90.0 Å². The highest BCUT2D eigenvalue weighted by Gasteiger charge is 2.14. The number of nitrogens with one attached hydrogen (secondary N) is 1. The lowest BCUT2D eigenvalue weighted by Gasteiger charge is -2.19. The second-order valence-electron chi connectivity index (χ2n) is 6.74. The van der Waals surface area contributed by atoms with E-state index in [1.54, 1.807) is 32.4 Å². The van der Waals surface area contributed by atoms with Crippen molar-refractivity contribution in [3.63, 3.8) is 0 Å². The summed E-state index contributed by atoms with van der Waals surface area (Å²) in [5.41, 5.74) is 2.82. The van der Waals surface area contributed by atoms with Gasteiger partial charge in [-0.05, 0) is 23.3 Å². The average Bonchev–Trinajstić information content (AvgIpc) is 2.82. The summed E-state index contributed by atoms with van der Waals surface area (Å²) in [5, 5.41) is 2.88. The maximum absolute atomic E-state index is 12.4. The fourth-order valence-corrected chi connectivity index (χ4v) is 3.74. The Labute approximate surface area is 187 Å². The fraction of sp³-hybridized carbons (Fsp3) is 0.240. The molecule has 0 atom stereocenters. The van der Waals surface area contributed by atoms with Crippen LogP contribution >= 0.6 is 11.8 Å². The van der Waals surface area contributed by atoms with Crippen LogP contribution in [0, 0.1) is 0 Å². The van der Waals surface area contributed by atoms with Gasteiger partial charge < -0.3 is 19.5 Å². The Balaban J connectivity index is 1.49. The predicted molar refractivity (Wildman–Crippen MR) is 126 cm³/mol. The van der Waals surface area contributed by atoms with E-state index in [0.717, 1.165) is 11.1 Å². The number of rotatable bonds is 11. The van der Waals surface area contributed by atoms with Gasteiger partial charge in [-0.25, -0.2) is 0 Å². The van der Waals surface area contributed by atoms with Gasteiger partial charge in [0, 0.05) is 11.8 Å². The third-order valence-electron chi connectivity index (χ3n) is 4.63. The Morgan fingerprint density at radius 1 is 0.903 bits per heavy atom. The maximum atomic E-state index is 12.4. The monoisotopic (exact) mass is 437 g/mol. The molecule has 3 aromatic rings. The van der Waals surface area contributed by atoms with Gasteiger partial charge in [0.1, 0.15) is 17.6 Å². The third kappa shape index (κ3) is 6.77. The summed E-state index contributed by atoms with van der Waals surface area (Å²) in [5.74, 6) is 2.18. The summed E-state index contributed by atoms with van der Waals surface area (Å²) < 4.78 is 16.7. The van der Waals surface area contributed by atoms with Crippen molar-refractivity contribution < 1.29 is 19.0 Å². The molecule has 1 amide bonds. The average molecular weight is 438 g/mol. The van der Waals surface area contributed by atoms with Gasteiger partial charge in [0.25, 0.3) is 0 Å². The Kier molecular flexibility index (Phi) is 8.82. The van der Waals surface area contributed by atoms with E-state index in [-0.39, 0.29) is 12.0 Å². The molecule has 0 aliphatic rings. The van der Waals surface area contributed by atoms with Crippen molar-refractivity contribution in [1.82, 2.24) is 0 Å². The number of hydrogen-bond donors (Lipinski definition) is 1. The van der Waals surface area contributed by atoms with E-state index in [1.165, 1.54) is 11.8 Å². The van der Waals surface area contributed by atoms with E-state index in [2.05, 4.69) is 29.6 Å². The Morgan fingerprint density at radius 2 is 1.55 bits per heavy atom. The maximum Gasteiger partial charge on any atom is 0.234 e. The molecule has 3 aromatic carbocycles. The highest BCUT2D eigenvalue weighted by Crippen LogP contribution is 2.29. The number of carbonyl (C=O) groups is 1. The van der Waals surface area contributed by atoms with Crippen molar-refractivity contribution in [3.8, 4) is 11.5 Å². The fourth-order valence-electron chi connectivity index (χ4n) is 3.13. The molecule has 0 unspecified atom stereocenters. The number of amides is 1. The summed E-state index contributed by atoms with van der Waals surface area (Å²) in [6, 6.07) is 25.6. The highest BCUT2D eigenvalue weighted by atomic mass is 32.2. The van der Waals surface area contributed by atoms with Gasteiger partial charge in [0.15, 0.2) is 0 Å². The van der Waals surface area contributed by atoms with Crippen LogP contribution in [0.3, 0.4) is 0 Å². The standard InChI is InChI=1S/C25H27NO4S/c1-28-21-13-14-23(29-2)22(17-21)26-24(27)18-31-16-15-30-25(19-9-5-3-6-10-19)20-11-7-4-8-12-20/h3-14,17,25H,15-16,18H2,1-2H3,(H,26,27). The lowest BCUT2D eigenvalue weighted by atomic mass is 10.0. The van der Waals surface area contributed by atoms with E-state index < -0.39 is 0 Å². The Hall–Kier alpha value is -2.96. The van der Waals surface area contributed by atoms with Crippen LogP contribution in [0.1, 0.15) is 17.2 Å². The SMILES string of the molecule is COc1ccc(OC)c(NC(=O)CSCCOC(c2ccccc2)c2ccccc2)c1. The van der Waals surface area contributed by atoms with Crippen LogP contribution in [0.5, 0.6) is 11.5 Å². The van der Waals surface area contributed by atoms with E-state index in [4.69, 9.17) is 14.2 Å². The molecule has 6 heteroatoms. The number of anilines is 1. The van der Waals surface area contributed by atoms with Gasteiger partial charge in [-0.1, -0.05) is 60.7 Å². The molecule has 0 aliphatic heterocycles. The first-order valence-electron chi connectivity index (χ1n) is 10.0. The largest absolute Gasteiger partial charge is 0.497 e. The van der Waals surface area contributed by atoms with Crippen molar-refractivity contribution in [1.29, 1.82) is 0 Å². The summed E-state index contributed by atoms with van der Waals surface area (Å²) in [7, 11) is 3.15. The quantitative estimate of drug-likeness (QED) is 0.419. The van der Waals surface area contributed by atoms with Crippen molar-refractivity contribution in [2.75, 3.05) is 37.6 Å². The van der Waals surface area contributed by atoms with Crippen LogP contribution in [0.25, 0.3) is 0 Å². The first-order valence-corrected chi connectivity index (χ1v) is 11.2. The van der Waals surface area contributed by atoms with Crippen LogP contribution in [0.15, 0.2) is 78.9 Å². The molecule has 0 saturated heterocycles. The van der Waals surface area contributed by atoms with E-state index >= 15 is 0 Å². The van der Waals surface area contributed by atoms with Crippen molar-refractivity contribution in [2.45, 2.75) is 6.10 Å². The van der Waals surface area contributed by atoms with Crippen LogP contribution in [0.4, 0.5) is 5.69 Å². The second kappa shape index (κ2) is 12.0. The van der Waals surface area contributed by atoms with Gasteiger partial charge >= 0.3 is 0 Å². The lowest BCUT2D eigenvalue weighted by molar-refractivity contribution is -0.113. The molecular formula is C25H27NO4S. The predicted octanol–water partition coefficient (Wildman–Crippen LogP) is 5.18. The minimum absolute atomic E-state index is 0.0979. The summed E-state index contributed by atoms with van der Waals surface area (Å²) >= 11 is 1.53.